The molecule has 0 saturated heterocycles. The maximum Gasteiger partial charge on any atom is 0.391 e. The van der Waals surface area contributed by atoms with Gasteiger partial charge < -0.3 is 5.32 Å². The standard InChI is InChI=1S/C14H26F3N/c1-3-5-13(18-10-4-2)11-6-8-12(9-7-11)14(15,16)17/h11-13,18H,3-10H2,1-2H3. The second kappa shape index (κ2) is 7.37. The van der Waals surface area contributed by atoms with Crippen LogP contribution in [-0.4, -0.2) is 18.8 Å². The molecular weight excluding hydrogens is 239 g/mol. The van der Waals surface area contributed by atoms with Crippen molar-refractivity contribution in [2.45, 2.75) is 71.0 Å². The van der Waals surface area contributed by atoms with Gasteiger partial charge in [-0.05, 0) is 51.0 Å². The predicted octanol–water partition coefficient (Wildman–Crippen LogP) is 4.52. The Morgan fingerprint density at radius 1 is 1.06 bits per heavy atom. The van der Waals surface area contributed by atoms with Crippen molar-refractivity contribution in [2.75, 3.05) is 6.54 Å². The van der Waals surface area contributed by atoms with E-state index in [9.17, 15) is 13.2 Å². The average Bonchev–Trinajstić information content (AvgIpc) is 2.33. The number of hydrogen-bond acceptors (Lipinski definition) is 1. The quantitative estimate of drug-likeness (QED) is 0.744. The number of alkyl halides is 3. The molecule has 18 heavy (non-hydrogen) atoms. The third kappa shape index (κ3) is 4.79. The van der Waals surface area contributed by atoms with Crippen molar-refractivity contribution in [3.05, 3.63) is 0 Å². The molecule has 0 aromatic heterocycles. The van der Waals surface area contributed by atoms with Crippen molar-refractivity contribution < 1.29 is 13.2 Å². The summed E-state index contributed by atoms with van der Waals surface area (Å²) in [7, 11) is 0. The highest BCUT2D eigenvalue weighted by molar-refractivity contribution is 4.84. The Morgan fingerprint density at radius 2 is 1.67 bits per heavy atom. The first-order valence-corrected chi connectivity index (χ1v) is 7.29. The van der Waals surface area contributed by atoms with Crippen LogP contribution in [0.2, 0.25) is 0 Å². The summed E-state index contributed by atoms with van der Waals surface area (Å²) in [5, 5.41) is 3.51. The SMILES string of the molecule is CCCNC(CCC)C1CCC(C(F)(F)F)CC1. The molecule has 0 spiro atoms. The molecule has 4 heteroatoms. The van der Waals surface area contributed by atoms with Gasteiger partial charge in [-0.1, -0.05) is 20.3 Å². The van der Waals surface area contributed by atoms with Gasteiger partial charge in [-0.15, -0.1) is 0 Å². The van der Waals surface area contributed by atoms with E-state index in [4.69, 9.17) is 0 Å². The van der Waals surface area contributed by atoms with Gasteiger partial charge in [0.1, 0.15) is 0 Å². The summed E-state index contributed by atoms with van der Waals surface area (Å²) in [6.45, 7) is 5.24. The van der Waals surface area contributed by atoms with Crippen LogP contribution in [0.4, 0.5) is 13.2 Å². The lowest BCUT2D eigenvalue weighted by molar-refractivity contribution is -0.184. The first-order valence-electron chi connectivity index (χ1n) is 7.29. The van der Waals surface area contributed by atoms with Gasteiger partial charge in [0.2, 0.25) is 0 Å². The van der Waals surface area contributed by atoms with Crippen LogP contribution < -0.4 is 5.32 Å². The summed E-state index contributed by atoms with van der Waals surface area (Å²) in [5.41, 5.74) is 0. The molecule has 0 aliphatic heterocycles. The Kier molecular flexibility index (Phi) is 6.47. The van der Waals surface area contributed by atoms with Crippen LogP contribution in [0.3, 0.4) is 0 Å². The topological polar surface area (TPSA) is 12.0 Å². The molecule has 1 N–H and O–H groups in total. The van der Waals surface area contributed by atoms with Crippen molar-refractivity contribution in [3.63, 3.8) is 0 Å². The molecule has 0 bridgehead atoms. The van der Waals surface area contributed by atoms with Crippen LogP contribution in [0.15, 0.2) is 0 Å². The van der Waals surface area contributed by atoms with Gasteiger partial charge in [-0.3, -0.25) is 0 Å². The number of hydrogen-bond donors (Lipinski definition) is 1. The second-order valence-electron chi connectivity index (χ2n) is 5.50. The molecule has 1 unspecified atom stereocenters. The van der Waals surface area contributed by atoms with E-state index in [2.05, 4.69) is 19.2 Å². The lowest BCUT2D eigenvalue weighted by Crippen LogP contribution is -2.40. The Balaban J connectivity index is 2.43. The molecule has 1 aliphatic rings. The van der Waals surface area contributed by atoms with Crippen LogP contribution in [0.5, 0.6) is 0 Å². The average molecular weight is 265 g/mol. The van der Waals surface area contributed by atoms with E-state index in [0.717, 1.165) is 38.6 Å². The lowest BCUT2D eigenvalue weighted by atomic mass is 9.77. The molecule has 0 amide bonds. The zero-order valence-corrected chi connectivity index (χ0v) is 11.5. The van der Waals surface area contributed by atoms with Gasteiger partial charge >= 0.3 is 6.18 Å². The molecule has 0 heterocycles. The van der Waals surface area contributed by atoms with E-state index >= 15 is 0 Å². The number of rotatable bonds is 6. The zero-order chi connectivity index (χ0) is 13.6. The Labute approximate surface area is 109 Å². The third-order valence-electron chi connectivity index (χ3n) is 4.06. The van der Waals surface area contributed by atoms with E-state index in [-0.39, 0.29) is 0 Å². The summed E-state index contributed by atoms with van der Waals surface area (Å²) < 4.78 is 37.8. The molecule has 0 aromatic carbocycles. The van der Waals surface area contributed by atoms with Crippen molar-refractivity contribution in [1.29, 1.82) is 0 Å². The second-order valence-corrected chi connectivity index (χ2v) is 5.50. The Bertz CT molecular complexity index is 220. The van der Waals surface area contributed by atoms with Crippen molar-refractivity contribution >= 4 is 0 Å². The first kappa shape index (κ1) is 15.8. The van der Waals surface area contributed by atoms with Crippen LogP contribution in [0, 0.1) is 11.8 Å². The Hall–Kier alpha value is -0.250. The number of halogens is 3. The Morgan fingerprint density at radius 3 is 2.11 bits per heavy atom. The molecular formula is C14H26F3N. The van der Waals surface area contributed by atoms with Crippen molar-refractivity contribution in [1.82, 2.24) is 5.32 Å². The monoisotopic (exact) mass is 265 g/mol. The van der Waals surface area contributed by atoms with E-state index in [1.54, 1.807) is 0 Å². The molecule has 1 atom stereocenters. The highest BCUT2D eigenvalue weighted by Gasteiger charge is 2.42. The van der Waals surface area contributed by atoms with Crippen molar-refractivity contribution in [3.8, 4) is 0 Å². The van der Waals surface area contributed by atoms with Gasteiger partial charge in [-0.2, -0.15) is 13.2 Å². The zero-order valence-electron chi connectivity index (χ0n) is 11.5. The fraction of sp³-hybridized carbons (Fsp3) is 1.00. The van der Waals surface area contributed by atoms with Gasteiger partial charge in [0, 0.05) is 6.04 Å². The molecule has 1 nitrogen and oxygen atoms in total. The summed E-state index contributed by atoms with van der Waals surface area (Å²) in [6, 6.07) is 0.420. The van der Waals surface area contributed by atoms with Crippen LogP contribution in [-0.2, 0) is 0 Å². The summed E-state index contributed by atoms with van der Waals surface area (Å²) in [6.07, 6.45) is 1.38. The molecule has 1 saturated carbocycles. The van der Waals surface area contributed by atoms with E-state index in [0.29, 0.717) is 24.8 Å². The molecule has 1 fully saturated rings. The minimum atomic E-state index is -3.98. The van der Waals surface area contributed by atoms with Gasteiger partial charge in [0.15, 0.2) is 0 Å². The van der Waals surface area contributed by atoms with E-state index in [1.165, 1.54) is 0 Å². The molecule has 108 valence electrons. The minimum absolute atomic E-state index is 0.322. The van der Waals surface area contributed by atoms with Gasteiger partial charge in [0.05, 0.1) is 5.92 Å². The fourth-order valence-corrected chi connectivity index (χ4v) is 2.99. The largest absolute Gasteiger partial charge is 0.391 e. The molecule has 0 aromatic rings. The summed E-state index contributed by atoms with van der Waals surface area (Å²) in [4.78, 5) is 0. The van der Waals surface area contributed by atoms with Gasteiger partial charge in [0.25, 0.3) is 0 Å². The first-order chi connectivity index (χ1) is 8.49. The van der Waals surface area contributed by atoms with Gasteiger partial charge in [-0.25, -0.2) is 0 Å². The predicted molar refractivity (Wildman–Crippen MR) is 68.5 cm³/mol. The maximum atomic E-state index is 12.6. The third-order valence-corrected chi connectivity index (χ3v) is 4.06. The highest BCUT2D eigenvalue weighted by atomic mass is 19.4. The summed E-state index contributed by atoms with van der Waals surface area (Å²) in [5.74, 6) is -0.614. The van der Waals surface area contributed by atoms with Crippen LogP contribution >= 0.6 is 0 Å². The maximum absolute atomic E-state index is 12.6. The van der Waals surface area contributed by atoms with E-state index < -0.39 is 12.1 Å². The molecule has 1 aliphatic carbocycles. The van der Waals surface area contributed by atoms with Crippen LogP contribution in [0.1, 0.15) is 58.8 Å². The van der Waals surface area contributed by atoms with Crippen molar-refractivity contribution in [2.24, 2.45) is 11.8 Å². The minimum Gasteiger partial charge on any atom is -0.314 e. The fourth-order valence-electron chi connectivity index (χ4n) is 2.99. The molecule has 0 radical (unpaired) electrons. The highest BCUT2D eigenvalue weighted by Crippen LogP contribution is 2.40. The molecule has 1 rings (SSSR count). The van der Waals surface area contributed by atoms with Crippen LogP contribution in [0.25, 0.3) is 0 Å². The number of nitrogens with one attached hydrogen (secondary N) is 1. The lowest BCUT2D eigenvalue weighted by Gasteiger charge is -2.35. The van der Waals surface area contributed by atoms with E-state index in [1.807, 2.05) is 0 Å². The smallest absolute Gasteiger partial charge is 0.314 e. The normalized spacial score (nSPS) is 27.2. The summed E-state index contributed by atoms with van der Waals surface area (Å²) >= 11 is 0.